The monoisotopic (exact) mass is 409 g/mol. The van der Waals surface area contributed by atoms with Crippen LogP contribution in [0, 0.1) is 0 Å². The molecule has 2 aromatic carbocycles. The van der Waals surface area contributed by atoms with Crippen LogP contribution >= 0.6 is 0 Å². The van der Waals surface area contributed by atoms with Gasteiger partial charge in [0.1, 0.15) is 23.3 Å². The van der Waals surface area contributed by atoms with Crippen LogP contribution in [0.3, 0.4) is 0 Å². The summed E-state index contributed by atoms with van der Waals surface area (Å²) in [6.07, 6.45) is 0.218. The second kappa shape index (κ2) is 8.66. The summed E-state index contributed by atoms with van der Waals surface area (Å²) < 4.78 is 5.76. The van der Waals surface area contributed by atoms with E-state index in [0.717, 1.165) is 16.7 Å². The molecule has 0 spiro atoms. The Balaban J connectivity index is 2.02. The van der Waals surface area contributed by atoms with Crippen LogP contribution in [0.1, 0.15) is 12.5 Å². The molecule has 1 unspecified atom stereocenters. The molecule has 0 aliphatic rings. The second-order valence-corrected chi connectivity index (χ2v) is 6.71. The predicted octanol–water partition coefficient (Wildman–Crippen LogP) is 1.62. The molecule has 1 atom stereocenters. The van der Waals surface area contributed by atoms with E-state index in [2.05, 4.69) is 9.97 Å². The van der Waals surface area contributed by atoms with Gasteiger partial charge in [0.2, 0.25) is 0 Å². The predicted molar refractivity (Wildman–Crippen MR) is 115 cm³/mol. The molecule has 3 rings (SSSR count). The van der Waals surface area contributed by atoms with Crippen molar-refractivity contribution in [1.29, 1.82) is 0 Å². The highest BCUT2D eigenvalue weighted by molar-refractivity contribution is 5.76. The van der Waals surface area contributed by atoms with Crippen molar-refractivity contribution in [3.8, 4) is 28.3 Å². The van der Waals surface area contributed by atoms with Crippen LogP contribution in [0.4, 0.5) is 11.5 Å². The van der Waals surface area contributed by atoms with Crippen LogP contribution in [0.2, 0.25) is 0 Å². The van der Waals surface area contributed by atoms with Crippen LogP contribution < -0.4 is 27.5 Å². The second-order valence-electron chi connectivity index (χ2n) is 6.71. The molecule has 0 aliphatic heterocycles. The topological polar surface area (TPSA) is 170 Å². The van der Waals surface area contributed by atoms with Gasteiger partial charge in [0.25, 0.3) is 5.56 Å². The van der Waals surface area contributed by atoms with Crippen LogP contribution in [-0.2, 0) is 11.2 Å². The fraction of sp³-hybridized carbons (Fsp3) is 0.190. The number of rotatable bonds is 7. The summed E-state index contributed by atoms with van der Waals surface area (Å²) in [5.74, 6) is -0.340. The average Bonchev–Trinajstić information content (AvgIpc) is 2.72. The Morgan fingerprint density at radius 2 is 1.93 bits per heavy atom. The highest BCUT2D eigenvalue weighted by atomic mass is 16.5. The summed E-state index contributed by atoms with van der Waals surface area (Å²) in [6.45, 7) is 2.25. The van der Waals surface area contributed by atoms with E-state index in [9.17, 15) is 9.59 Å². The van der Waals surface area contributed by atoms with Crippen molar-refractivity contribution >= 4 is 17.5 Å². The van der Waals surface area contributed by atoms with E-state index in [-0.39, 0.29) is 23.8 Å². The number of H-pyrrole nitrogens is 1. The zero-order chi connectivity index (χ0) is 21.8. The van der Waals surface area contributed by atoms with Gasteiger partial charge in [-0.1, -0.05) is 30.3 Å². The highest BCUT2D eigenvalue weighted by Crippen LogP contribution is 2.33. The van der Waals surface area contributed by atoms with E-state index in [0.29, 0.717) is 17.9 Å². The molecule has 1 heterocycles. The first kappa shape index (κ1) is 20.9. The van der Waals surface area contributed by atoms with Crippen molar-refractivity contribution in [2.24, 2.45) is 5.73 Å². The third-order valence-corrected chi connectivity index (χ3v) is 4.55. The summed E-state index contributed by atoms with van der Waals surface area (Å²) in [4.78, 5) is 29.8. The summed E-state index contributed by atoms with van der Waals surface area (Å²) >= 11 is 0. The molecule has 0 aliphatic carbocycles. The Hall–Kier alpha value is -3.85. The number of nitrogens with two attached hydrogens (primary N) is 3. The number of carboxylic acid groups (broad SMARTS) is 1. The van der Waals surface area contributed by atoms with Crippen molar-refractivity contribution in [2.75, 3.05) is 18.1 Å². The lowest BCUT2D eigenvalue weighted by Crippen LogP contribution is -2.32. The minimum Gasteiger partial charge on any atom is -0.493 e. The summed E-state index contributed by atoms with van der Waals surface area (Å²) in [6, 6.07) is 11.9. The smallest absolute Gasteiger partial charge is 0.320 e. The molecule has 0 radical (unpaired) electrons. The number of aromatic nitrogens is 2. The van der Waals surface area contributed by atoms with E-state index in [1.165, 1.54) is 0 Å². The Kier molecular flexibility index (Phi) is 6.03. The number of nitrogens with one attached hydrogen (secondary N) is 1. The lowest BCUT2D eigenvalue weighted by atomic mass is 9.98. The van der Waals surface area contributed by atoms with Gasteiger partial charge in [0.05, 0.1) is 12.2 Å². The SMILES string of the molecule is CCOc1cc(-c2cccc(CC(N)C(=O)O)c2)ccc1-c1nc(N)c(N)c(=O)[nH]1. The molecular formula is C21H23N5O4. The Morgan fingerprint density at radius 3 is 2.60 bits per heavy atom. The van der Waals surface area contributed by atoms with Gasteiger partial charge in [0, 0.05) is 0 Å². The van der Waals surface area contributed by atoms with Crippen molar-refractivity contribution in [2.45, 2.75) is 19.4 Å². The molecule has 0 fully saturated rings. The quantitative estimate of drug-likeness (QED) is 0.392. The normalized spacial score (nSPS) is 11.8. The maximum atomic E-state index is 12.0. The molecule has 30 heavy (non-hydrogen) atoms. The first-order valence-corrected chi connectivity index (χ1v) is 9.30. The average molecular weight is 409 g/mol. The summed E-state index contributed by atoms with van der Waals surface area (Å²) in [5, 5.41) is 9.03. The standard InChI is InChI=1S/C21H23N5O4/c1-2-30-16-10-13(12-5-3-4-11(8-12)9-15(22)21(28)29)6-7-14(16)19-25-18(24)17(23)20(27)26-19/h3-8,10,15H,2,9,22-23H2,1H3,(H,28,29)(H3,24,25,26,27). The number of carbonyl (C=O) groups is 1. The molecule has 0 saturated heterocycles. The largest absolute Gasteiger partial charge is 0.493 e. The lowest BCUT2D eigenvalue weighted by molar-refractivity contribution is -0.138. The minimum absolute atomic E-state index is 0.0530. The van der Waals surface area contributed by atoms with Crippen molar-refractivity contribution in [3.63, 3.8) is 0 Å². The Morgan fingerprint density at radius 1 is 1.20 bits per heavy atom. The molecular weight excluding hydrogens is 386 g/mol. The van der Waals surface area contributed by atoms with Gasteiger partial charge in [-0.25, -0.2) is 4.98 Å². The minimum atomic E-state index is -1.05. The number of hydrogen-bond donors (Lipinski definition) is 5. The first-order chi connectivity index (χ1) is 14.3. The molecule has 8 N–H and O–H groups in total. The molecule has 0 bridgehead atoms. The third kappa shape index (κ3) is 4.41. The van der Waals surface area contributed by atoms with Crippen molar-refractivity contribution in [1.82, 2.24) is 9.97 Å². The van der Waals surface area contributed by atoms with Gasteiger partial charge in [-0.3, -0.25) is 9.59 Å². The number of carboxylic acids is 1. The summed E-state index contributed by atoms with van der Waals surface area (Å²) in [5.41, 5.74) is 19.4. The Labute approximate surface area is 172 Å². The number of nitrogen functional groups attached to an aromatic ring is 2. The molecule has 0 amide bonds. The van der Waals surface area contributed by atoms with E-state index < -0.39 is 17.6 Å². The van der Waals surface area contributed by atoms with E-state index in [1.807, 2.05) is 43.3 Å². The number of aliphatic carboxylic acids is 1. The number of ether oxygens (including phenoxy) is 1. The maximum Gasteiger partial charge on any atom is 0.320 e. The van der Waals surface area contributed by atoms with Crippen LogP contribution in [-0.4, -0.2) is 33.7 Å². The molecule has 3 aromatic rings. The van der Waals surface area contributed by atoms with E-state index in [1.54, 1.807) is 6.07 Å². The Bertz CT molecular complexity index is 1140. The lowest BCUT2D eigenvalue weighted by Gasteiger charge is -2.13. The van der Waals surface area contributed by atoms with Crippen molar-refractivity contribution < 1.29 is 14.6 Å². The fourth-order valence-corrected chi connectivity index (χ4v) is 3.02. The number of benzene rings is 2. The third-order valence-electron chi connectivity index (χ3n) is 4.55. The highest BCUT2D eigenvalue weighted by Gasteiger charge is 2.15. The van der Waals surface area contributed by atoms with Gasteiger partial charge in [-0.05, 0) is 42.2 Å². The zero-order valence-corrected chi connectivity index (χ0v) is 16.4. The first-order valence-electron chi connectivity index (χ1n) is 9.30. The molecule has 1 aromatic heterocycles. The van der Waals surface area contributed by atoms with Gasteiger partial charge in [0.15, 0.2) is 5.82 Å². The van der Waals surface area contributed by atoms with Gasteiger partial charge < -0.3 is 32.0 Å². The maximum absolute atomic E-state index is 12.0. The van der Waals surface area contributed by atoms with Crippen LogP contribution in [0.25, 0.3) is 22.5 Å². The number of anilines is 2. The van der Waals surface area contributed by atoms with Gasteiger partial charge in [-0.2, -0.15) is 0 Å². The molecule has 156 valence electrons. The number of aromatic amines is 1. The molecule has 9 nitrogen and oxygen atoms in total. The number of hydrogen-bond acceptors (Lipinski definition) is 7. The summed E-state index contributed by atoms with van der Waals surface area (Å²) in [7, 11) is 0. The van der Waals surface area contributed by atoms with Crippen molar-refractivity contribution in [3.05, 3.63) is 58.4 Å². The molecule has 9 heteroatoms. The van der Waals surface area contributed by atoms with Gasteiger partial charge in [-0.15, -0.1) is 0 Å². The van der Waals surface area contributed by atoms with E-state index in [4.69, 9.17) is 27.0 Å². The van der Waals surface area contributed by atoms with Crippen LogP contribution in [0.15, 0.2) is 47.3 Å². The zero-order valence-electron chi connectivity index (χ0n) is 16.4. The van der Waals surface area contributed by atoms with Crippen LogP contribution in [0.5, 0.6) is 5.75 Å². The van der Waals surface area contributed by atoms with E-state index >= 15 is 0 Å². The fourth-order valence-electron chi connectivity index (χ4n) is 3.02. The number of nitrogens with zero attached hydrogens (tertiary/aromatic N) is 1. The van der Waals surface area contributed by atoms with Gasteiger partial charge >= 0.3 is 5.97 Å². The molecule has 0 saturated carbocycles.